The molecule has 104 valence electrons. The zero-order valence-electron chi connectivity index (χ0n) is 11.7. The summed E-state index contributed by atoms with van der Waals surface area (Å²) < 4.78 is 0. The number of aryl methyl sites for hydroxylation is 1. The van der Waals surface area contributed by atoms with Gasteiger partial charge in [0, 0.05) is 6.54 Å². The highest BCUT2D eigenvalue weighted by Gasteiger charge is 2.26. The summed E-state index contributed by atoms with van der Waals surface area (Å²) in [5.74, 6) is 0. The number of rotatable bonds is 3. The van der Waals surface area contributed by atoms with Gasteiger partial charge in [-0.1, -0.05) is 42.5 Å². The average molecular weight is 293 g/mol. The van der Waals surface area contributed by atoms with Crippen LogP contribution in [0.15, 0.2) is 24.3 Å². The summed E-state index contributed by atoms with van der Waals surface area (Å²) in [5, 5.41) is 1.56. The lowest BCUT2D eigenvalue weighted by Crippen LogP contribution is -2.34. The van der Waals surface area contributed by atoms with Crippen molar-refractivity contribution in [3.05, 3.63) is 29.8 Å². The van der Waals surface area contributed by atoms with Gasteiger partial charge in [-0.15, -0.1) is 0 Å². The molecule has 0 bridgehead atoms. The minimum absolute atomic E-state index is 1.24. The second kappa shape index (κ2) is 6.08. The van der Waals surface area contributed by atoms with Crippen molar-refractivity contribution in [2.24, 2.45) is 0 Å². The Bertz CT molecular complexity index is 479. The molecule has 2 aliphatic rings. The highest BCUT2D eigenvalue weighted by Crippen LogP contribution is 2.49. The first-order chi connectivity index (χ1) is 9.28. The molecule has 3 heteroatoms. The maximum absolute atomic E-state index is 6.16. The molecule has 0 spiro atoms. The van der Waals surface area contributed by atoms with Gasteiger partial charge in [-0.25, -0.2) is 0 Å². The van der Waals surface area contributed by atoms with Crippen LogP contribution < -0.4 is 5.30 Å². The molecule has 0 saturated carbocycles. The van der Waals surface area contributed by atoms with Gasteiger partial charge in [0.25, 0.3) is 0 Å². The first-order valence-electron chi connectivity index (χ1n) is 7.67. The highest BCUT2D eigenvalue weighted by molar-refractivity contribution is 8.18. The van der Waals surface area contributed by atoms with E-state index in [1.165, 1.54) is 64.1 Å². The van der Waals surface area contributed by atoms with Crippen molar-refractivity contribution in [2.45, 2.75) is 32.1 Å². The molecule has 1 unspecified atom stereocenters. The molecule has 1 saturated heterocycles. The van der Waals surface area contributed by atoms with Gasteiger partial charge in [0.2, 0.25) is 0 Å². The Balaban J connectivity index is 1.71. The minimum Gasteiger partial charge on any atom is -0.303 e. The fourth-order valence-electron chi connectivity index (χ4n) is 3.48. The Kier molecular flexibility index (Phi) is 4.41. The molecule has 1 aromatic carbocycles. The van der Waals surface area contributed by atoms with E-state index in [1.54, 1.807) is 10.9 Å². The molecule has 2 heterocycles. The molecule has 0 amide bonds. The first kappa shape index (κ1) is 13.8. The molecule has 19 heavy (non-hydrogen) atoms. The van der Waals surface area contributed by atoms with Gasteiger partial charge in [-0.2, -0.15) is 0 Å². The average Bonchev–Trinajstić information content (AvgIpc) is 2.47. The van der Waals surface area contributed by atoms with Crippen molar-refractivity contribution in [3.63, 3.8) is 0 Å². The van der Waals surface area contributed by atoms with E-state index in [9.17, 15) is 0 Å². The van der Waals surface area contributed by atoms with Crippen LogP contribution >= 0.6 is 6.04 Å². The second-order valence-corrected chi connectivity index (χ2v) is 11.2. The second-order valence-electron chi connectivity index (χ2n) is 5.97. The fourth-order valence-corrected chi connectivity index (χ4v) is 7.70. The van der Waals surface area contributed by atoms with Crippen LogP contribution in [0, 0.1) is 0 Å². The molecule has 1 aromatic rings. The van der Waals surface area contributed by atoms with Crippen molar-refractivity contribution in [1.29, 1.82) is 0 Å². The van der Waals surface area contributed by atoms with Crippen LogP contribution in [-0.2, 0) is 18.2 Å². The van der Waals surface area contributed by atoms with Crippen molar-refractivity contribution in [1.82, 2.24) is 4.90 Å². The number of likely N-dealkylation sites (tertiary alicyclic amines) is 1. The zero-order chi connectivity index (χ0) is 13.1. The van der Waals surface area contributed by atoms with Crippen LogP contribution in [0.3, 0.4) is 0 Å². The Morgan fingerprint density at radius 3 is 2.68 bits per heavy atom. The van der Waals surface area contributed by atoms with Crippen molar-refractivity contribution < 1.29 is 0 Å². The van der Waals surface area contributed by atoms with Gasteiger partial charge in [-0.05, 0) is 68.0 Å². The first-order valence-corrected chi connectivity index (χ1v) is 10.8. The fraction of sp³-hybridized carbons (Fsp3) is 0.625. The van der Waals surface area contributed by atoms with Crippen LogP contribution in [0.5, 0.6) is 0 Å². The lowest BCUT2D eigenvalue weighted by molar-refractivity contribution is 0.241. The topological polar surface area (TPSA) is 3.24 Å². The van der Waals surface area contributed by atoms with E-state index in [4.69, 9.17) is 11.8 Å². The summed E-state index contributed by atoms with van der Waals surface area (Å²) in [7, 11) is 0. The largest absolute Gasteiger partial charge is 0.303 e. The van der Waals surface area contributed by atoms with Crippen LogP contribution in [0.1, 0.15) is 31.2 Å². The minimum atomic E-state index is -1.28. The Morgan fingerprint density at radius 1 is 1.05 bits per heavy atom. The summed E-state index contributed by atoms with van der Waals surface area (Å²) in [6.45, 7) is 3.85. The van der Waals surface area contributed by atoms with Crippen LogP contribution in [0.25, 0.3) is 0 Å². The summed E-state index contributed by atoms with van der Waals surface area (Å²) in [6.07, 6.45) is 9.32. The molecular weight excluding hydrogens is 269 g/mol. The van der Waals surface area contributed by atoms with Gasteiger partial charge in [-0.3, -0.25) is 0 Å². The summed E-state index contributed by atoms with van der Waals surface area (Å²) in [5.41, 5.74) is 1.55. The maximum Gasteiger partial charge on any atom is 0.00309 e. The third-order valence-electron chi connectivity index (χ3n) is 4.62. The standard InChI is InChI=1S/C16H24NPS/c19-18(14-12-17-10-4-1-5-11-17)13-6-8-15-7-2-3-9-16(15)18/h2-3,7,9H,1,4-6,8,10-14H2. The van der Waals surface area contributed by atoms with Gasteiger partial charge >= 0.3 is 0 Å². The number of hydrogen-bond donors (Lipinski definition) is 0. The van der Waals surface area contributed by atoms with Gasteiger partial charge < -0.3 is 4.90 Å². The van der Waals surface area contributed by atoms with Crippen LogP contribution in [-0.4, -0.2) is 36.9 Å². The third-order valence-corrected chi connectivity index (χ3v) is 9.58. The Hall–Kier alpha value is -0.170. The number of benzene rings is 1. The number of piperidine rings is 1. The predicted molar refractivity (Wildman–Crippen MR) is 88.7 cm³/mol. The zero-order valence-corrected chi connectivity index (χ0v) is 13.4. The SMILES string of the molecule is S=P1(CCN2CCCCC2)CCCc2ccccc21. The van der Waals surface area contributed by atoms with E-state index in [0.717, 1.165) is 0 Å². The predicted octanol–water partition coefficient (Wildman–Crippen LogP) is 3.22. The summed E-state index contributed by atoms with van der Waals surface area (Å²) in [6, 6.07) is 7.71. The number of fused-ring (bicyclic) bond motifs is 1. The number of hydrogen-bond acceptors (Lipinski definition) is 2. The quantitative estimate of drug-likeness (QED) is 0.787. The third kappa shape index (κ3) is 3.12. The van der Waals surface area contributed by atoms with Gasteiger partial charge in [0.05, 0.1) is 0 Å². The van der Waals surface area contributed by atoms with E-state index in [-0.39, 0.29) is 0 Å². The molecule has 0 radical (unpaired) electrons. The van der Waals surface area contributed by atoms with Crippen LogP contribution in [0.2, 0.25) is 0 Å². The van der Waals surface area contributed by atoms with E-state index < -0.39 is 6.04 Å². The molecule has 1 fully saturated rings. The highest BCUT2D eigenvalue weighted by atomic mass is 32.4. The summed E-state index contributed by atoms with van der Waals surface area (Å²) in [4.78, 5) is 2.65. The maximum atomic E-state index is 6.16. The van der Waals surface area contributed by atoms with Crippen molar-refractivity contribution in [3.8, 4) is 0 Å². The smallest absolute Gasteiger partial charge is 0.00309 e. The van der Waals surface area contributed by atoms with E-state index in [2.05, 4.69) is 29.2 Å². The van der Waals surface area contributed by atoms with Crippen molar-refractivity contribution >= 4 is 23.1 Å². The lowest BCUT2D eigenvalue weighted by Gasteiger charge is -2.33. The normalized spacial score (nSPS) is 28.0. The van der Waals surface area contributed by atoms with Crippen LogP contribution in [0.4, 0.5) is 0 Å². The molecule has 3 rings (SSSR count). The summed E-state index contributed by atoms with van der Waals surface area (Å²) >= 11 is 6.16. The Labute approximate surface area is 122 Å². The molecule has 0 aromatic heterocycles. The van der Waals surface area contributed by atoms with E-state index >= 15 is 0 Å². The molecule has 0 N–H and O–H groups in total. The molecule has 1 atom stereocenters. The van der Waals surface area contributed by atoms with Gasteiger partial charge in [0.1, 0.15) is 0 Å². The van der Waals surface area contributed by atoms with E-state index in [1.807, 2.05) is 0 Å². The lowest BCUT2D eigenvalue weighted by atomic mass is 10.1. The molecule has 2 aliphatic heterocycles. The van der Waals surface area contributed by atoms with Gasteiger partial charge in [0.15, 0.2) is 0 Å². The Morgan fingerprint density at radius 2 is 1.84 bits per heavy atom. The van der Waals surface area contributed by atoms with E-state index in [0.29, 0.717) is 0 Å². The van der Waals surface area contributed by atoms with Crippen molar-refractivity contribution in [2.75, 3.05) is 32.0 Å². The molecule has 1 nitrogen and oxygen atoms in total. The molecule has 0 aliphatic carbocycles. The monoisotopic (exact) mass is 293 g/mol. The number of nitrogens with zero attached hydrogens (tertiary/aromatic N) is 1. The molecular formula is C16H24NPS.